The van der Waals surface area contributed by atoms with Crippen LogP contribution in [-0.4, -0.2) is 135 Å². The maximum Gasteiger partial charge on any atom is 0.329 e. The fourth-order valence-electron chi connectivity index (χ4n) is 5.22. The minimum Gasteiger partial charge on any atom is -0.480 e. The molecule has 3 rings (SSSR count). The number of hydrogen-bond acceptors (Lipinski definition) is 12. The van der Waals surface area contributed by atoms with E-state index in [1.54, 1.807) is 11.3 Å². The molecule has 1 aromatic carbocycles. The van der Waals surface area contributed by atoms with Gasteiger partial charge in [-0.2, -0.15) is 0 Å². The van der Waals surface area contributed by atoms with Gasteiger partial charge >= 0.3 is 5.97 Å². The highest BCUT2D eigenvalue weighted by Crippen LogP contribution is 2.28. The van der Waals surface area contributed by atoms with E-state index in [-0.39, 0.29) is 70.8 Å². The van der Waals surface area contributed by atoms with Crippen molar-refractivity contribution in [2.24, 2.45) is 5.41 Å². The molecule has 3 atom stereocenters. The second-order valence-electron chi connectivity index (χ2n) is 13.1. The van der Waals surface area contributed by atoms with E-state index in [1.807, 2.05) is 57.5 Å². The first-order valence-electron chi connectivity index (χ1n) is 17.0. The van der Waals surface area contributed by atoms with E-state index in [9.17, 15) is 24.3 Å². The monoisotopic (exact) mass is 736 g/mol. The van der Waals surface area contributed by atoms with Crippen molar-refractivity contribution in [3.63, 3.8) is 0 Å². The first-order chi connectivity index (χ1) is 24.4. The number of rotatable bonds is 23. The van der Waals surface area contributed by atoms with Crippen molar-refractivity contribution in [1.82, 2.24) is 20.5 Å². The van der Waals surface area contributed by atoms with Gasteiger partial charge in [0.2, 0.25) is 17.7 Å². The molecule has 1 aromatic heterocycles. The van der Waals surface area contributed by atoms with Gasteiger partial charge in [-0.25, -0.2) is 9.78 Å². The molecule has 16 heteroatoms. The third-order valence-corrected chi connectivity index (χ3v) is 8.88. The number of hydrogen-bond donors (Lipinski definition) is 4. The molecule has 1 saturated heterocycles. The Hall–Kier alpha value is -3.51. The van der Waals surface area contributed by atoms with Gasteiger partial charge in [0.05, 0.1) is 81.6 Å². The Bertz CT molecular complexity index is 1380. The lowest BCUT2D eigenvalue weighted by Gasteiger charge is -2.35. The van der Waals surface area contributed by atoms with Gasteiger partial charge in [-0.3, -0.25) is 14.4 Å². The quantitative estimate of drug-likeness (QED) is 0.121. The number of likely N-dealkylation sites (tertiary alicyclic amines) is 1. The maximum atomic E-state index is 13.8. The molecule has 0 spiro atoms. The molecular formula is C35H52N4O11S. The average Bonchev–Trinajstić information content (AvgIpc) is 3.70. The van der Waals surface area contributed by atoms with Gasteiger partial charge in [-0.05, 0) is 23.5 Å². The highest BCUT2D eigenvalue weighted by Gasteiger charge is 2.44. The van der Waals surface area contributed by atoms with Crippen LogP contribution in [0.5, 0.6) is 0 Å². The van der Waals surface area contributed by atoms with Crippen molar-refractivity contribution in [1.29, 1.82) is 0 Å². The molecule has 2 aromatic rings. The van der Waals surface area contributed by atoms with Gasteiger partial charge in [0.1, 0.15) is 18.7 Å². The number of nitrogens with one attached hydrogen (secondary N) is 2. The number of carbonyl (C=O) groups is 4. The third kappa shape index (κ3) is 14.9. The lowest BCUT2D eigenvalue weighted by molar-refractivity contribution is -0.144. The summed E-state index contributed by atoms with van der Waals surface area (Å²) in [5, 5.41) is 24.7. The molecule has 1 aliphatic heterocycles. The van der Waals surface area contributed by atoms with E-state index in [1.165, 1.54) is 4.90 Å². The average molecular weight is 737 g/mol. The normalized spacial score (nSPS) is 16.6. The number of carboxylic acids is 1. The summed E-state index contributed by atoms with van der Waals surface area (Å²) >= 11 is 1.57. The molecule has 1 fully saturated rings. The van der Waals surface area contributed by atoms with Crippen LogP contribution >= 0.6 is 11.3 Å². The van der Waals surface area contributed by atoms with Crippen molar-refractivity contribution in [2.75, 3.05) is 72.6 Å². The number of amides is 3. The first kappa shape index (κ1) is 41.9. The second-order valence-corrected chi connectivity index (χ2v) is 13.9. The Morgan fingerprint density at radius 2 is 1.49 bits per heavy atom. The van der Waals surface area contributed by atoms with E-state index in [0.29, 0.717) is 33.0 Å². The summed E-state index contributed by atoms with van der Waals surface area (Å²) in [5.74, 6) is -2.19. The van der Waals surface area contributed by atoms with Gasteiger partial charge in [0.15, 0.2) is 0 Å². The Morgan fingerprint density at radius 3 is 2.02 bits per heavy atom. The van der Waals surface area contributed by atoms with Crippen LogP contribution in [0.2, 0.25) is 0 Å². The molecule has 0 bridgehead atoms. The molecule has 0 aliphatic carbocycles. The summed E-state index contributed by atoms with van der Waals surface area (Å²) in [4.78, 5) is 57.0. The van der Waals surface area contributed by atoms with Crippen molar-refractivity contribution >= 4 is 35.0 Å². The molecule has 1 aliphatic rings. The highest BCUT2D eigenvalue weighted by molar-refractivity contribution is 7.13. The predicted molar refractivity (Wildman–Crippen MR) is 188 cm³/mol. The van der Waals surface area contributed by atoms with E-state index in [4.69, 9.17) is 28.8 Å². The number of benzene rings is 1. The van der Waals surface area contributed by atoms with Crippen LogP contribution in [0, 0.1) is 12.3 Å². The standard InChI is InChI=1S/C35H52N4O11S/c1-24-31(51-23-37-24)26-7-5-25(6-8-26)20-36-33(44)28-19-27(40)21-39(28)34(45)32(35(2,3)4)38-29(41)9-10-46-11-12-47-13-14-48-15-16-49-17-18-50-22-30(42)43/h5-8,23,27-28,32,40H,9-22H2,1-4H3,(H,36,44)(H,38,41)(H,42,43). The van der Waals surface area contributed by atoms with Crippen LogP contribution in [0.4, 0.5) is 0 Å². The van der Waals surface area contributed by atoms with Gasteiger partial charge in [-0.1, -0.05) is 45.0 Å². The summed E-state index contributed by atoms with van der Waals surface area (Å²) in [7, 11) is 0. The molecule has 0 saturated carbocycles. The SMILES string of the molecule is Cc1ncsc1-c1ccc(CNC(=O)C2CC(O)CN2C(=O)C(NC(=O)CCOCCOCCOCCOCCOCC(=O)O)C(C)(C)C)cc1. The molecule has 2 heterocycles. The summed E-state index contributed by atoms with van der Waals surface area (Å²) in [6, 6.07) is 6.06. The van der Waals surface area contributed by atoms with Gasteiger partial charge in [0.25, 0.3) is 0 Å². The minimum atomic E-state index is -1.02. The van der Waals surface area contributed by atoms with E-state index in [0.717, 1.165) is 21.7 Å². The van der Waals surface area contributed by atoms with Crippen LogP contribution in [0.25, 0.3) is 10.4 Å². The molecule has 51 heavy (non-hydrogen) atoms. The Balaban J connectivity index is 1.34. The molecule has 0 radical (unpaired) electrons. The fraction of sp³-hybridized carbons (Fsp3) is 0.629. The number of nitrogens with zero attached hydrogens (tertiary/aromatic N) is 2. The third-order valence-electron chi connectivity index (χ3n) is 7.90. The van der Waals surface area contributed by atoms with Crippen molar-refractivity contribution in [2.45, 2.75) is 65.3 Å². The lowest BCUT2D eigenvalue weighted by Crippen LogP contribution is -2.57. The van der Waals surface area contributed by atoms with Crippen molar-refractivity contribution < 1.29 is 53.1 Å². The molecule has 15 nitrogen and oxygen atoms in total. The van der Waals surface area contributed by atoms with E-state index < -0.39 is 35.5 Å². The number of carbonyl (C=O) groups excluding carboxylic acids is 3. The highest BCUT2D eigenvalue weighted by atomic mass is 32.1. The Labute approximate surface area is 302 Å². The van der Waals surface area contributed by atoms with Crippen LogP contribution in [0.15, 0.2) is 29.8 Å². The topological polar surface area (TPSA) is 195 Å². The van der Waals surface area contributed by atoms with Crippen LogP contribution < -0.4 is 10.6 Å². The molecule has 4 N–H and O–H groups in total. The summed E-state index contributed by atoms with van der Waals surface area (Å²) in [5.41, 5.74) is 4.05. The smallest absolute Gasteiger partial charge is 0.329 e. The number of aliphatic carboxylic acids is 1. The molecule has 284 valence electrons. The molecule has 3 unspecified atom stereocenters. The zero-order valence-corrected chi connectivity index (χ0v) is 30.7. The predicted octanol–water partition coefficient (Wildman–Crippen LogP) is 1.79. The van der Waals surface area contributed by atoms with Gasteiger partial charge in [-0.15, -0.1) is 11.3 Å². The largest absolute Gasteiger partial charge is 0.480 e. The Kier molecular flexibility index (Phi) is 17.9. The zero-order chi connectivity index (χ0) is 37.2. The van der Waals surface area contributed by atoms with Crippen LogP contribution in [0.3, 0.4) is 0 Å². The van der Waals surface area contributed by atoms with Gasteiger partial charge in [0, 0.05) is 25.9 Å². The number of thiazole rings is 1. The summed E-state index contributed by atoms with van der Waals surface area (Å²) in [6.45, 7) is 9.98. The number of aryl methyl sites for hydroxylation is 1. The molecular weight excluding hydrogens is 684 g/mol. The maximum absolute atomic E-state index is 13.8. The van der Waals surface area contributed by atoms with Crippen LogP contribution in [0.1, 0.15) is 44.9 Å². The number of aliphatic hydroxyl groups is 1. The van der Waals surface area contributed by atoms with Crippen molar-refractivity contribution in [3.8, 4) is 10.4 Å². The summed E-state index contributed by atoms with van der Waals surface area (Å²) in [6.07, 6.45) is -0.726. The van der Waals surface area contributed by atoms with Crippen molar-refractivity contribution in [3.05, 3.63) is 41.0 Å². The van der Waals surface area contributed by atoms with E-state index in [2.05, 4.69) is 15.6 Å². The number of aliphatic hydroxyl groups excluding tert-OH is 1. The number of ether oxygens (including phenoxy) is 5. The first-order valence-corrected chi connectivity index (χ1v) is 17.9. The number of carboxylic acid groups (broad SMARTS) is 1. The summed E-state index contributed by atoms with van der Waals surface area (Å²) < 4.78 is 26.5. The minimum absolute atomic E-state index is 0.00416. The van der Waals surface area contributed by atoms with Crippen LogP contribution in [-0.2, 0) is 49.4 Å². The van der Waals surface area contributed by atoms with Gasteiger partial charge < -0.3 is 49.4 Å². The number of aromatic nitrogens is 1. The lowest BCUT2D eigenvalue weighted by atomic mass is 9.85. The fourth-order valence-corrected chi connectivity index (χ4v) is 6.03. The Morgan fingerprint density at radius 1 is 0.922 bits per heavy atom. The second kappa shape index (κ2) is 21.8. The van der Waals surface area contributed by atoms with E-state index >= 15 is 0 Å². The zero-order valence-electron chi connectivity index (χ0n) is 29.9. The number of β-amino-alcohol motifs (C(OH)–C–C–N with tert-alkyl or cyclic N) is 1. The molecule has 3 amide bonds.